The Morgan fingerprint density at radius 2 is 2.02 bits per heavy atom. The number of nitrogens with zero attached hydrogens (tertiary/aromatic N) is 6. The number of amides is 1. The summed E-state index contributed by atoms with van der Waals surface area (Å²) in [5.74, 6) is -3.62. The first-order valence-electron chi connectivity index (χ1n) is 12.5. The third kappa shape index (κ3) is 5.04. The fourth-order valence-corrected chi connectivity index (χ4v) is 5.23. The van der Waals surface area contributed by atoms with Crippen molar-refractivity contribution in [3.05, 3.63) is 59.5 Å². The van der Waals surface area contributed by atoms with Crippen molar-refractivity contribution < 1.29 is 27.8 Å². The predicted octanol–water partition coefficient (Wildman–Crippen LogP) is 5.29. The highest BCUT2D eigenvalue weighted by Crippen LogP contribution is 2.40. The number of anilines is 1. The number of pyridine rings is 1. The minimum atomic E-state index is -1.14. The van der Waals surface area contributed by atoms with Gasteiger partial charge < -0.3 is 19.6 Å². The Morgan fingerprint density at radius 3 is 2.73 bits per heavy atom. The van der Waals surface area contributed by atoms with Crippen LogP contribution in [0.3, 0.4) is 0 Å². The van der Waals surface area contributed by atoms with Gasteiger partial charge in [-0.25, -0.2) is 18.2 Å². The van der Waals surface area contributed by atoms with Gasteiger partial charge in [0, 0.05) is 36.8 Å². The van der Waals surface area contributed by atoms with Crippen molar-refractivity contribution in [1.82, 2.24) is 19.9 Å². The number of benzene rings is 2. The van der Waals surface area contributed by atoms with Crippen LogP contribution in [-0.2, 0) is 4.79 Å². The lowest BCUT2D eigenvalue weighted by atomic mass is 9.97. The second-order valence-electron chi connectivity index (χ2n) is 9.26. The van der Waals surface area contributed by atoms with E-state index in [4.69, 9.17) is 16.3 Å². The molecule has 1 atom stereocenters. The molecule has 0 aliphatic carbocycles. The molecule has 0 saturated carbocycles. The molecule has 1 unspecified atom stereocenters. The molecule has 9 nitrogen and oxygen atoms in total. The van der Waals surface area contributed by atoms with Gasteiger partial charge in [-0.15, -0.1) is 0 Å². The first-order chi connectivity index (χ1) is 19.6. The van der Waals surface area contributed by atoms with Gasteiger partial charge >= 0.3 is 6.01 Å². The summed E-state index contributed by atoms with van der Waals surface area (Å²) in [7, 11) is 0. The van der Waals surface area contributed by atoms with Gasteiger partial charge in [0.1, 0.15) is 22.6 Å². The van der Waals surface area contributed by atoms with E-state index in [0.29, 0.717) is 5.39 Å². The zero-order chi connectivity index (χ0) is 29.4. The molecule has 2 aromatic heterocycles. The van der Waals surface area contributed by atoms with E-state index in [9.17, 15) is 23.9 Å². The van der Waals surface area contributed by atoms with Gasteiger partial charge in [0.05, 0.1) is 30.2 Å². The van der Waals surface area contributed by atoms with Crippen molar-refractivity contribution >= 4 is 45.1 Å². The minimum Gasteiger partial charge on any atom is -0.508 e. The van der Waals surface area contributed by atoms with Crippen molar-refractivity contribution in [3.63, 3.8) is 0 Å². The molecule has 210 valence electrons. The van der Waals surface area contributed by atoms with E-state index in [1.165, 1.54) is 29.3 Å². The lowest BCUT2D eigenvalue weighted by molar-refractivity contribution is -0.131. The number of carbonyl (C=O) groups excluding carboxylic acids is 1. The quantitative estimate of drug-likeness (QED) is 0.305. The van der Waals surface area contributed by atoms with E-state index in [1.54, 1.807) is 11.8 Å². The van der Waals surface area contributed by atoms with Crippen LogP contribution in [0, 0.1) is 23.0 Å². The zero-order valence-electron chi connectivity index (χ0n) is 21.7. The van der Waals surface area contributed by atoms with Crippen molar-refractivity contribution in [3.8, 4) is 29.0 Å². The molecule has 0 radical (unpaired) electrons. The number of hydrogen-bond acceptors (Lipinski definition) is 8. The third-order valence-corrected chi connectivity index (χ3v) is 7.14. The topological polar surface area (TPSA) is 115 Å². The molecule has 13 heteroatoms. The number of phenolic OH excluding ortho intramolecular Hbond substituents is 1. The predicted molar refractivity (Wildman–Crippen MR) is 146 cm³/mol. The van der Waals surface area contributed by atoms with Gasteiger partial charge in [0.15, 0.2) is 17.5 Å². The molecule has 1 saturated heterocycles. The summed E-state index contributed by atoms with van der Waals surface area (Å²) in [6.45, 7) is 5.21. The zero-order valence-corrected chi connectivity index (χ0v) is 22.4. The summed E-state index contributed by atoms with van der Waals surface area (Å²) in [5.41, 5.74) is -0.159. The third-order valence-electron chi connectivity index (χ3n) is 6.77. The second kappa shape index (κ2) is 11.1. The van der Waals surface area contributed by atoms with Gasteiger partial charge in [-0.05, 0) is 36.1 Å². The maximum absolute atomic E-state index is 16.3. The number of fused-ring (bicyclic) bond motifs is 2. The van der Waals surface area contributed by atoms with Gasteiger partial charge in [-0.1, -0.05) is 24.2 Å². The summed E-state index contributed by atoms with van der Waals surface area (Å²) >= 11 is 6.26. The van der Waals surface area contributed by atoms with Gasteiger partial charge in [-0.3, -0.25) is 4.79 Å². The monoisotopic (exact) mass is 582 g/mol. The normalized spacial score (nSPS) is 15.3. The van der Waals surface area contributed by atoms with Crippen LogP contribution in [0.4, 0.5) is 19.0 Å². The Morgan fingerprint density at radius 1 is 1.24 bits per heavy atom. The molecule has 0 spiro atoms. The molecule has 1 aliphatic heterocycles. The summed E-state index contributed by atoms with van der Waals surface area (Å²) < 4.78 is 49.8. The molecule has 1 N–H and O–H groups in total. The standard InChI is InChI=1S/C28H22ClF3N6O3/c1-3-41-28-35-24-23(32)19(18-11-17(39)10-15-4-5-20(31)22(29)21(15)18)12-34-25(24)26(36-28)37-8-9-38(27(40)14(2)30)16(13-37)6-7-33/h4-5,10-12,16,39H,2-3,6,8-9,13H2,1H3. The Labute approximate surface area is 237 Å². The fraction of sp³-hybridized carbons (Fsp3) is 0.250. The van der Waals surface area contributed by atoms with Crippen LogP contribution in [0.25, 0.3) is 32.9 Å². The molecule has 0 bridgehead atoms. The number of hydrogen-bond donors (Lipinski definition) is 1. The summed E-state index contributed by atoms with van der Waals surface area (Å²) in [5, 5.41) is 20.0. The van der Waals surface area contributed by atoms with E-state index in [0.717, 1.165) is 6.07 Å². The number of phenols is 1. The van der Waals surface area contributed by atoms with Crippen molar-refractivity contribution in [2.24, 2.45) is 0 Å². The molecule has 4 aromatic rings. The largest absolute Gasteiger partial charge is 0.508 e. The number of ether oxygens (including phenoxy) is 1. The van der Waals surface area contributed by atoms with Crippen LogP contribution in [0.15, 0.2) is 42.9 Å². The minimum absolute atomic E-state index is 0.0451. The fourth-order valence-electron chi connectivity index (χ4n) is 4.95. The highest BCUT2D eigenvalue weighted by Gasteiger charge is 2.34. The Kier molecular flexibility index (Phi) is 7.55. The molecular formula is C28H22ClF3N6O3. The molecule has 1 aliphatic rings. The van der Waals surface area contributed by atoms with Crippen LogP contribution in [0.1, 0.15) is 13.3 Å². The lowest BCUT2D eigenvalue weighted by Gasteiger charge is -2.40. The summed E-state index contributed by atoms with van der Waals surface area (Å²) in [6.07, 6.45) is 1.12. The SMILES string of the molecule is C=C(F)C(=O)N1CCN(c2nc(OCC)nc3c(F)c(-c4cc(O)cc5ccc(F)c(Cl)c45)cnc23)CC1CC#N. The van der Waals surface area contributed by atoms with Gasteiger partial charge in [-0.2, -0.15) is 15.2 Å². The van der Waals surface area contributed by atoms with E-state index < -0.39 is 29.4 Å². The van der Waals surface area contributed by atoms with Gasteiger partial charge in [0.2, 0.25) is 0 Å². The summed E-state index contributed by atoms with van der Waals surface area (Å²) in [4.78, 5) is 28.3. The maximum atomic E-state index is 16.3. The number of aromatic nitrogens is 3. The smallest absolute Gasteiger partial charge is 0.319 e. The Balaban J connectivity index is 1.67. The van der Waals surface area contributed by atoms with Gasteiger partial charge in [0.25, 0.3) is 5.91 Å². The highest BCUT2D eigenvalue weighted by atomic mass is 35.5. The van der Waals surface area contributed by atoms with E-state index >= 15 is 4.39 Å². The van der Waals surface area contributed by atoms with Crippen LogP contribution >= 0.6 is 11.6 Å². The average molecular weight is 583 g/mol. The van der Waals surface area contributed by atoms with E-state index in [2.05, 4.69) is 21.5 Å². The van der Waals surface area contributed by atoms with Crippen LogP contribution in [0.5, 0.6) is 11.8 Å². The number of nitriles is 1. The lowest BCUT2D eigenvalue weighted by Crippen LogP contribution is -2.55. The van der Waals surface area contributed by atoms with Crippen molar-refractivity contribution in [2.75, 3.05) is 31.1 Å². The molecule has 5 rings (SSSR count). The second-order valence-corrected chi connectivity index (χ2v) is 9.64. The number of piperazine rings is 1. The van der Waals surface area contributed by atoms with Crippen molar-refractivity contribution in [2.45, 2.75) is 19.4 Å². The van der Waals surface area contributed by atoms with Crippen LogP contribution in [0.2, 0.25) is 5.02 Å². The number of carbonyl (C=O) groups is 1. The number of rotatable bonds is 6. The Hall–Kier alpha value is -4.63. The molecule has 1 fully saturated rings. The first-order valence-corrected chi connectivity index (χ1v) is 12.9. The number of halogens is 4. The van der Waals surface area contributed by atoms with E-state index in [-0.39, 0.29) is 82.8 Å². The van der Waals surface area contributed by atoms with Crippen molar-refractivity contribution in [1.29, 1.82) is 5.26 Å². The molecular weight excluding hydrogens is 561 g/mol. The first kappa shape index (κ1) is 27.9. The average Bonchev–Trinajstić information content (AvgIpc) is 2.94. The van der Waals surface area contributed by atoms with E-state index in [1.807, 2.05) is 6.07 Å². The molecule has 1 amide bonds. The molecule has 41 heavy (non-hydrogen) atoms. The highest BCUT2D eigenvalue weighted by molar-refractivity contribution is 6.37. The maximum Gasteiger partial charge on any atom is 0.319 e. The van der Waals surface area contributed by atoms with Crippen LogP contribution < -0.4 is 9.64 Å². The summed E-state index contributed by atoms with van der Waals surface area (Å²) in [6, 6.07) is 6.35. The van der Waals surface area contributed by atoms with Crippen LogP contribution in [-0.4, -0.2) is 63.1 Å². The number of aromatic hydroxyl groups is 1. The molecule has 3 heterocycles. The Bertz CT molecular complexity index is 1760. The molecule has 2 aromatic carbocycles.